The molecule has 0 unspecified atom stereocenters. The maximum absolute atomic E-state index is 12.6. The van der Waals surface area contributed by atoms with Crippen LogP contribution in [-0.4, -0.2) is 32.1 Å². The van der Waals surface area contributed by atoms with Gasteiger partial charge >= 0.3 is 0 Å². The third kappa shape index (κ3) is 3.19. The molecule has 1 aromatic carbocycles. The Labute approximate surface area is 128 Å². The highest BCUT2D eigenvalue weighted by atomic mass is 32.1. The number of benzene rings is 1. The number of nitrogens with zero attached hydrogens (tertiary/aromatic N) is 1. The number of para-hydroxylation sites is 1. The lowest BCUT2D eigenvalue weighted by atomic mass is 10.1. The lowest BCUT2D eigenvalue weighted by Gasteiger charge is -2.19. The number of aryl methyl sites for hydroxylation is 1. The number of hydrogen-bond acceptors (Lipinski definition) is 4. The van der Waals surface area contributed by atoms with E-state index in [1.54, 1.807) is 48.6 Å². The van der Waals surface area contributed by atoms with Crippen LogP contribution in [0.5, 0.6) is 11.5 Å². The molecule has 2 aromatic rings. The van der Waals surface area contributed by atoms with E-state index in [1.807, 2.05) is 5.38 Å². The number of rotatable bonds is 5. The third-order valence-electron chi connectivity index (χ3n) is 3.33. The van der Waals surface area contributed by atoms with Crippen molar-refractivity contribution in [2.75, 3.05) is 21.3 Å². The molecule has 0 atom stereocenters. The van der Waals surface area contributed by atoms with Crippen LogP contribution in [0.3, 0.4) is 0 Å². The lowest BCUT2D eigenvalue weighted by Crippen LogP contribution is -2.26. The lowest BCUT2D eigenvalue weighted by molar-refractivity contribution is 0.0782. The molecule has 0 aliphatic heterocycles. The second-order valence-electron chi connectivity index (χ2n) is 4.73. The number of amides is 1. The maximum Gasteiger partial charge on any atom is 0.257 e. The van der Waals surface area contributed by atoms with Gasteiger partial charge in [-0.3, -0.25) is 4.79 Å². The summed E-state index contributed by atoms with van der Waals surface area (Å²) in [6.07, 6.45) is 0. The van der Waals surface area contributed by atoms with Crippen LogP contribution in [0.1, 0.15) is 20.8 Å². The monoisotopic (exact) mass is 305 g/mol. The molecule has 5 heteroatoms. The van der Waals surface area contributed by atoms with E-state index in [-0.39, 0.29) is 5.91 Å². The van der Waals surface area contributed by atoms with Crippen molar-refractivity contribution >= 4 is 17.2 Å². The van der Waals surface area contributed by atoms with Crippen LogP contribution in [0.4, 0.5) is 0 Å². The zero-order valence-electron chi connectivity index (χ0n) is 12.7. The molecule has 1 aromatic heterocycles. The van der Waals surface area contributed by atoms with Crippen molar-refractivity contribution in [3.63, 3.8) is 0 Å². The minimum atomic E-state index is -0.0847. The van der Waals surface area contributed by atoms with Crippen molar-refractivity contribution in [3.05, 3.63) is 45.6 Å². The number of ether oxygens (including phenoxy) is 2. The average molecular weight is 305 g/mol. The molecule has 1 heterocycles. The first kappa shape index (κ1) is 15.4. The Morgan fingerprint density at radius 2 is 2.00 bits per heavy atom. The average Bonchev–Trinajstić information content (AvgIpc) is 2.90. The van der Waals surface area contributed by atoms with Crippen molar-refractivity contribution in [2.24, 2.45) is 0 Å². The van der Waals surface area contributed by atoms with Gasteiger partial charge in [0.15, 0.2) is 11.5 Å². The van der Waals surface area contributed by atoms with Gasteiger partial charge in [0, 0.05) is 11.9 Å². The summed E-state index contributed by atoms with van der Waals surface area (Å²) in [5.41, 5.74) is 1.71. The Kier molecular flexibility index (Phi) is 4.85. The molecule has 0 radical (unpaired) electrons. The fourth-order valence-electron chi connectivity index (χ4n) is 2.11. The Morgan fingerprint density at radius 1 is 1.24 bits per heavy atom. The fourth-order valence-corrected chi connectivity index (χ4v) is 3.07. The zero-order chi connectivity index (χ0) is 15.4. The molecule has 0 spiro atoms. The van der Waals surface area contributed by atoms with Crippen LogP contribution in [0.25, 0.3) is 0 Å². The molecule has 1 amide bonds. The number of methoxy groups -OCH3 is 2. The normalized spacial score (nSPS) is 10.3. The standard InChI is InChI=1S/C16H19NO3S/c1-11-8-9-21-14(11)10-17(2)16(18)12-6-5-7-13(19-3)15(12)20-4/h5-9H,10H2,1-4H3. The van der Waals surface area contributed by atoms with Crippen LogP contribution < -0.4 is 9.47 Å². The first-order chi connectivity index (χ1) is 10.1. The second kappa shape index (κ2) is 6.63. The molecule has 0 saturated carbocycles. The molecule has 0 aliphatic carbocycles. The van der Waals surface area contributed by atoms with Gasteiger partial charge in [0.2, 0.25) is 0 Å². The van der Waals surface area contributed by atoms with Crippen molar-refractivity contribution < 1.29 is 14.3 Å². The molecule has 112 valence electrons. The molecule has 0 bridgehead atoms. The van der Waals surface area contributed by atoms with Crippen molar-refractivity contribution in [2.45, 2.75) is 13.5 Å². The van der Waals surface area contributed by atoms with E-state index in [0.29, 0.717) is 23.6 Å². The molecule has 2 rings (SSSR count). The number of carbonyl (C=O) groups is 1. The summed E-state index contributed by atoms with van der Waals surface area (Å²) in [7, 11) is 4.89. The highest BCUT2D eigenvalue weighted by Gasteiger charge is 2.20. The van der Waals surface area contributed by atoms with E-state index < -0.39 is 0 Å². The van der Waals surface area contributed by atoms with E-state index >= 15 is 0 Å². The van der Waals surface area contributed by atoms with Gasteiger partial charge in [-0.15, -0.1) is 11.3 Å². The Morgan fingerprint density at radius 3 is 2.57 bits per heavy atom. The van der Waals surface area contributed by atoms with Gasteiger partial charge < -0.3 is 14.4 Å². The topological polar surface area (TPSA) is 38.8 Å². The maximum atomic E-state index is 12.6. The van der Waals surface area contributed by atoms with Crippen LogP contribution in [0.2, 0.25) is 0 Å². The highest BCUT2D eigenvalue weighted by molar-refractivity contribution is 7.10. The van der Waals surface area contributed by atoms with E-state index in [0.717, 1.165) is 0 Å². The van der Waals surface area contributed by atoms with E-state index in [2.05, 4.69) is 13.0 Å². The largest absolute Gasteiger partial charge is 0.493 e. The summed E-state index contributed by atoms with van der Waals surface area (Å²) in [4.78, 5) is 15.5. The Balaban J connectivity index is 2.25. The minimum Gasteiger partial charge on any atom is -0.493 e. The number of hydrogen-bond donors (Lipinski definition) is 0. The zero-order valence-corrected chi connectivity index (χ0v) is 13.5. The van der Waals surface area contributed by atoms with Crippen LogP contribution in [-0.2, 0) is 6.54 Å². The van der Waals surface area contributed by atoms with Crippen LogP contribution >= 0.6 is 11.3 Å². The van der Waals surface area contributed by atoms with Gasteiger partial charge in [-0.1, -0.05) is 6.07 Å². The summed E-state index contributed by atoms with van der Waals surface area (Å²) >= 11 is 1.66. The van der Waals surface area contributed by atoms with Crippen LogP contribution in [0.15, 0.2) is 29.6 Å². The van der Waals surface area contributed by atoms with Crippen molar-refractivity contribution in [3.8, 4) is 11.5 Å². The van der Waals surface area contributed by atoms with E-state index in [9.17, 15) is 4.79 Å². The van der Waals surface area contributed by atoms with E-state index in [4.69, 9.17) is 9.47 Å². The minimum absolute atomic E-state index is 0.0847. The van der Waals surface area contributed by atoms with Gasteiger partial charge in [-0.2, -0.15) is 0 Å². The quantitative estimate of drug-likeness (QED) is 0.850. The molecule has 0 N–H and O–H groups in total. The molecule has 0 saturated heterocycles. The third-order valence-corrected chi connectivity index (χ3v) is 4.34. The highest BCUT2D eigenvalue weighted by Crippen LogP contribution is 2.31. The molecular formula is C16H19NO3S. The summed E-state index contributed by atoms with van der Waals surface area (Å²) in [6.45, 7) is 2.64. The summed E-state index contributed by atoms with van der Waals surface area (Å²) in [6, 6.07) is 7.38. The molecule has 4 nitrogen and oxygen atoms in total. The first-order valence-corrected chi connectivity index (χ1v) is 7.45. The SMILES string of the molecule is COc1cccc(C(=O)N(C)Cc2sccc2C)c1OC. The van der Waals surface area contributed by atoms with Crippen LogP contribution in [0, 0.1) is 6.92 Å². The summed E-state index contributed by atoms with van der Waals surface area (Å²) in [5.74, 6) is 0.947. The van der Waals surface area contributed by atoms with Crippen molar-refractivity contribution in [1.29, 1.82) is 0 Å². The predicted molar refractivity (Wildman–Crippen MR) is 84.4 cm³/mol. The molecule has 21 heavy (non-hydrogen) atoms. The van der Waals surface area contributed by atoms with Gasteiger partial charge in [0.25, 0.3) is 5.91 Å². The summed E-state index contributed by atoms with van der Waals surface area (Å²) < 4.78 is 10.6. The Hall–Kier alpha value is -2.01. The van der Waals surface area contributed by atoms with E-state index in [1.165, 1.54) is 17.6 Å². The van der Waals surface area contributed by atoms with Gasteiger partial charge in [0.05, 0.1) is 26.3 Å². The van der Waals surface area contributed by atoms with Crippen molar-refractivity contribution in [1.82, 2.24) is 4.90 Å². The smallest absolute Gasteiger partial charge is 0.257 e. The molecule has 0 fully saturated rings. The van der Waals surface area contributed by atoms with Gasteiger partial charge in [0.1, 0.15) is 0 Å². The molecule has 0 aliphatic rings. The number of thiophene rings is 1. The molecular weight excluding hydrogens is 286 g/mol. The second-order valence-corrected chi connectivity index (χ2v) is 5.73. The summed E-state index contributed by atoms with van der Waals surface area (Å²) in [5, 5.41) is 2.04. The number of carbonyl (C=O) groups excluding carboxylic acids is 1. The van der Waals surface area contributed by atoms with Gasteiger partial charge in [-0.05, 0) is 36.1 Å². The fraction of sp³-hybridized carbons (Fsp3) is 0.312. The Bertz CT molecular complexity index is 636. The first-order valence-electron chi connectivity index (χ1n) is 6.58. The predicted octanol–water partition coefficient (Wildman–Crippen LogP) is 3.35. The van der Waals surface area contributed by atoms with Gasteiger partial charge in [-0.25, -0.2) is 0 Å².